The molecule has 5 heteroatoms. The maximum atomic E-state index is 11.8. The van der Waals surface area contributed by atoms with E-state index in [0.717, 1.165) is 24.1 Å². The number of nitrogens with two attached hydrogens (primary N) is 1. The van der Waals surface area contributed by atoms with Crippen molar-refractivity contribution in [3.63, 3.8) is 0 Å². The average Bonchev–Trinajstić information content (AvgIpc) is 3.13. The standard InChI is InChI=1S/C13H17N3OS/c1-8(13(17)16-9-6-7-9)15-11-5-3-2-4-10(11)12(14)18/h2-5,8-9,15H,6-7H2,1H3,(H2,14,18)(H,16,17). The van der Waals surface area contributed by atoms with E-state index in [4.69, 9.17) is 18.0 Å². The third-order valence-corrected chi connectivity index (χ3v) is 3.10. The smallest absolute Gasteiger partial charge is 0.242 e. The summed E-state index contributed by atoms with van der Waals surface area (Å²) in [5.41, 5.74) is 7.21. The van der Waals surface area contributed by atoms with Gasteiger partial charge in [0.2, 0.25) is 5.91 Å². The lowest BCUT2D eigenvalue weighted by atomic mass is 10.1. The van der Waals surface area contributed by atoms with E-state index >= 15 is 0 Å². The Balaban J connectivity index is 2.03. The van der Waals surface area contributed by atoms with E-state index < -0.39 is 0 Å². The van der Waals surface area contributed by atoms with E-state index in [1.54, 1.807) is 0 Å². The fourth-order valence-corrected chi connectivity index (χ4v) is 1.85. The minimum Gasteiger partial charge on any atom is -0.389 e. The molecular weight excluding hydrogens is 246 g/mol. The molecule has 1 aromatic carbocycles. The molecule has 1 atom stereocenters. The topological polar surface area (TPSA) is 67.1 Å². The number of carbonyl (C=O) groups excluding carboxylic acids is 1. The summed E-state index contributed by atoms with van der Waals surface area (Å²) in [5, 5.41) is 6.10. The zero-order chi connectivity index (χ0) is 13.1. The van der Waals surface area contributed by atoms with E-state index in [9.17, 15) is 4.79 Å². The molecule has 96 valence electrons. The fourth-order valence-electron chi connectivity index (χ4n) is 1.68. The van der Waals surface area contributed by atoms with Gasteiger partial charge in [0.15, 0.2) is 0 Å². The van der Waals surface area contributed by atoms with Gasteiger partial charge in [-0.2, -0.15) is 0 Å². The molecule has 2 rings (SSSR count). The second-order valence-electron chi connectivity index (χ2n) is 4.56. The number of nitrogens with one attached hydrogen (secondary N) is 2. The molecule has 1 saturated carbocycles. The molecule has 0 bridgehead atoms. The Morgan fingerprint density at radius 1 is 1.44 bits per heavy atom. The summed E-state index contributed by atoms with van der Waals surface area (Å²) in [6.45, 7) is 1.83. The minimum absolute atomic E-state index is 0.00948. The average molecular weight is 263 g/mol. The van der Waals surface area contributed by atoms with Gasteiger partial charge in [0.05, 0.1) is 0 Å². The molecule has 0 saturated heterocycles. The molecule has 1 amide bonds. The molecule has 1 unspecified atom stereocenters. The van der Waals surface area contributed by atoms with Crippen molar-refractivity contribution in [1.82, 2.24) is 5.32 Å². The summed E-state index contributed by atoms with van der Waals surface area (Å²) in [6, 6.07) is 7.53. The van der Waals surface area contributed by atoms with Gasteiger partial charge in [0.25, 0.3) is 0 Å². The highest BCUT2D eigenvalue weighted by molar-refractivity contribution is 7.80. The third-order valence-electron chi connectivity index (χ3n) is 2.88. The molecule has 18 heavy (non-hydrogen) atoms. The molecule has 0 aromatic heterocycles. The first-order valence-electron chi connectivity index (χ1n) is 6.03. The van der Waals surface area contributed by atoms with Crippen LogP contribution in [0.3, 0.4) is 0 Å². The Kier molecular flexibility index (Phi) is 3.81. The van der Waals surface area contributed by atoms with Gasteiger partial charge < -0.3 is 16.4 Å². The summed E-state index contributed by atoms with van der Waals surface area (Å²) >= 11 is 4.99. The van der Waals surface area contributed by atoms with Crippen molar-refractivity contribution in [1.29, 1.82) is 0 Å². The van der Waals surface area contributed by atoms with Crippen LogP contribution in [0, 0.1) is 0 Å². The summed E-state index contributed by atoms with van der Waals surface area (Å²) in [7, 11) is 0. The Hall–Kier alpha value is -1.62. The van der Waals surface area contributed by atoms with Crippen LogP contribution in [0.4, 0.5) is 5.69 Å². The number of hydrogen-bond donors (Lipinski definition) is 3. The molecular formula is C13H17N3OS. The number of carbonyl (C=O) groups is 1. The molecule has 1 fully saturated rings. The van der Waals surface area contributed by atoms with Crippen molar-refractivity contribution in [3.05, 3.63) is 29.8 Å². The van der Waals surface area contributed by atoms with Crippen molar-refractivity contribution < 1.29 is 4.79 Å². The lowest BCUT2D eigenvalue weighted by Crippen LogP contribution is -2.39. The van der Waals surface area contributed by atoms with Gasteiger partial charge in [0.1, 0.15) is 11.0 Å². The Labute approximate surface area is 112 Å². The minimum atomic E-state index is -0.305. The number of rotatable bonds is 5. The van der Waals surface area contributed by atoms with Crippen LogP contribution >= 0.6 is 12.2 Å². The van der Waals surface area contributed by atoms with Crippen LogP contribution in [-0.2, 0) is 4.79 Å². The van der Waals surface area contributed by atoms with E-state index in [-0.39, 0.29) is 11.9 Å². The largest absolute Gasteiger partial charge is 0.389 e. The first-order valence-corrected chi connectivity index (χ1v) is 6.44. The first-order chi connectivity index (χ1) is 8.58. The quantitative estimate of drug-likeness (QED) is 0.703. The van der Waals surface area contributed by atoms with Crippen LogP contribution in [0.5, 0.6) is 0 Å². The Morgan fingerprint density at radius 3 is 2.72 bits per heavy atom. The van der Waals surface area contributed by atoms with Gasteiger partial charge in [0, 0.05) is 17.3 Å². The summed E-state index contributed by atoms with van der Waals surface area (Å²) < 4.78 is 0. The molecule has 1 aliphatic rings. The van der Waals surface area contributed by atoms with Crippen molar-refractivity contribution in [2.45, 2.75) is 31.8 Å². The number of amides is 1. The monoisotopic (exact) mass is 263 g/mol. The SMILES string of the molecule is CC(Nc1ccccc1C(N)=S)C(=O)NC1CC1. The van der Waals surface area contributed by atoms with Crippen LogP contribution in [0.1, 0.15) is 25.3 Å². The molecule has 1 aromatic rings. The maximum Gasteiger partial charge on any atom is 0.242 e. The third kappa shape index (κ3) is 3.20. The number of anilines is 1. The number of benzene rings is 1. The van der Waals surface area contributed by atoms with Crippen LogP contribution < -0.4 is 16.4 Å². The van der Waals surface area contributed by atoms with E-state index in [2.05, 4.69) is 10.6 Å². The number of para-hydroxylation sites is 1. The van der Waals surface area contributed by atoms with Crippen molar-refractivity contribution >= 4 is 28.8 Å². The fraction of sp³-hybridized carbons (Fsp3) is 0.385. The molecule has 0 aliphatic heterocycles. The molecule has 0 spiro atoms. The number of hydrogen-bond acceptors (Lipinski definition) is 3. The van der Waals surface area contributed by atoms with Crippen LogP contribution in [0.15, 0.2) is 24.3 Å². The van der Waals surface area contributed by atoms with Crippen molar-refractivity contribution in [3.8, 4) is 0 Å². The van der Waals surface area contributed by atoms with Gasteiger partial charge in [-0.15, -0.1) is 0 Å². The zero-order valence-corrected chi connectivity index (χ0v) is 11.1. The predicted octanol–water partition coefficient (Wildman–Crippen LogP) is 1.40. The highest BCUT2D eigenvalue weighted by atomic mass is 32.1. The van der Waals surface area contributed by atoms with E-state index in [1.165, 1.54) is 0 Å². The van der Waals surface area contributed by atoms with Crippen LogP contribution in [-0.4, -0.2) is 23.0 Å². The second kappa shape index (κ2) is 5.35. The Morgan fingerprint density at radius 2 is 2.11 bits per heavy atom. The number of thiocarbonyl (C=S) groups is 1. The van der Waals surface area contributed by atoms with Gasteiger partial charge in [-0.25, -0.2) is 0 Å². The van der Waals surface area contributed by atoms with Crippen LogP contribution in [0.2, 0.25) is 0 Å². The van der Waals surface area contributed by atoms with Gasteiger partial charge in [-0.1, -0.05) is 24.4 Å². The van der Waals surface area contributed by atoms with E-state index in [1.807, 2.05) is 31.2 Å². The first kappa shape index (κ1) is 12.8. The zero-order valence-electron chi connectivity index (χ0n) is 10.3. The maximum absolute atomic E-state index is 11.8. The summed E-state index contributed by atoms with van der Waals surface area (Å²) in [5.74, 6) is 0.00948. The molecule has 0 radical (unpaired) electrons. The summed E-state index contributed by atoms with van der Waals surface area (Å²) in [4.78, 5) is 12.2. The van der Waals surface area contributed by atoms with Gasteiger partial charge in [-0.3, -0.25) is 4.79 Å². The van der Waals surface area contributed by atoms with Crippen molar-refractivity contribution in [2.24, 2.45) is 5.73 Å². The van der Waals surface area contributed by atoms with Gasteiger partial charge >= 0.3 is 0 Å². The van der Waals surface area contributed by atoms with Crippen LogP contribution in [0.25, 0.3) is 0 Å². The highest BCUT2D eigenvalue weighted by Crippen LogP contribution is 2.20. The van der Waals surface area contributed by atoms with E-state index in [0.29, 0.717) is 11.0 Å². The molecule has 4 nitrogen and oxygen atoms in total. The summed E-state index contributed by atoms with van der Waals surface area (Å²) in [6.07, 6.45) is 2.17. The lowest BCUT2D eigenvalue weighted by molar-refractivity contribution is -0.121. The Bertz CT molecular complexity index is 471. The molecule has 4 N–H and O–H groups in total. The predicted molar refractivity (Wildman–Crippen MR) is 76.6 cm³/mol. The molecule has 1 aliphatic carbocycles. The highest BCUT2D eigenvalue weighted by Gasteiger charge is 2.25. The normalized spacial score (nSPS) is 15.8. The van der Waals surface area contributed by atoms with Gasteiger partial charge in [-0.05, 0) is 31.9 Å². The second-order valence-corrected chi connectivity index (χ2v) is 5.00. The van der Waals surface area contributed by atoms with Crippen molar-refractivity contribution in [2.75, 3.05) is 5.32 Å². The lowest BCUT2D eigenvalue weighted by Gasteiger charge is -2.17. The molecule has 0 heterocycles.